The minimum absolute atomic E-state index is 0.144. The van der Waals surface area contributed by atoms with Crippen LogP contribution in [0.3, 0.4) is 0 Å². The van der Waals surface area contributed by atoms with Gasteiger partial charge >= 0.3 is 6.08 Å². The van der Waals surface area contributed by atoms with Crippen molar-refractivity contribution in [2.75, 3.05) is 6.54 Å². The molecular formula is C9H8FN3O. The molecule has 0 aromatic carbocycles. The second kappa shape index (κ2) is 4.92. The molecule has 0 saturated heterocycles. The summed E-state index contributed by atoms with van der Waals surface area (Å²) in [5, 5.41) is 2.50. The van der Waals surface area contributed by atoms with E-state index in [4.69, 9.17) is 0 Å². The van der Waals surface area contributed by atoms with E-state index in [1.807, 2.05) is 0 Å². The highest BCUT2D eigenvalue weighted by molar-refractivity contribution is 5.73. The minimum atomic E-state index is -0.780. The van der Waals surface area contributed by atoms with Crippen LogP contribution in [0, 0.1) is 17.9 Å². The number of aromatic nitrogens is 2. The van der Waals surface area contributed by atoms with Crippen LogP contribution in [0.15, 0.2) is 12.4 Å². The molecule has 0 aliphatic heterocycles. The lowest BCUT2D eigenvalue weighted by Gasteiger charge is -1.91. The van der Waals surface area contributed by atoms with Crippen LogP contribution in [0.2, 0.25) is 0 Å². The van der Waals surface area contributed by atoms with Crippen LogP contribution in [0.1, 0.15) is 12.5 Å². The molecule has 0 atom stereocenters. The van der Waals surface area contributed by atoms with Gasteiger partial charge in [-0.05, 0) is 0 Å². The maximum Gasteiger partial charge on any atom is 0.308 e. The van der Waals surface area contributed by atoms with Crippen molar-refractivity contribution in [1.82, 2.24) is 15.3 Å². The van der Waals surface area contributed by atoms with Crippen molar-refractivity contribution in [3.05, 3.63) is 24.0 Å². The van der Waals surface area contributed by atoms with Gasteiger partial charge in [-0.25, -0.2) is 9.97 Å². The summed E-state index contributed by atoms with van der Waals surface area (Å²) >= 11 is 0. The second-order valence-electron chi connectivity index (χ2n) is 2.45. The zero-order valence-corrected chi connectivity index (χ0v) is 7.54. The van der Waals surface area contributed by atoms with Crippen LogP contribution < -0.4 is 5.32 Å². The lowest BCUT2D eigenvalue weighted by molar-refractivity contribution is -0.118. The highest BCUT2D eigenvalue weighted by atomic mass is 19.1. The van der Waals surface area contributed by atoms with Gasteiger partial charge in [-0.15, -0.1) is 0 Å². The van der Waals surface area contributed by atoms with E-state index in [1.165, 1.54) is 19.3 Å². The zero-order chi connectivity index (χ0) is 10.4. The molecule has 0 aliphatic rings. The third-order valence-corrected chi connectivity index (χ3v) is 1.28. The molecule has 0 spiro atoms. The molecule has 4 nitrogen and oxygen atoms in total. The Balaban J connectivity index is 2.51. The molecule has 0 fully saturated rings. The SMILES string of the molecule is CC(=O)NCC#Cc1cnc(F)nc1. The Morgan fingerprint density at radius 1 is 1.57 bits per heavy atom. The lowest BCUT2D eigenvalue weighted by atomic mass is 10.3. The number of hydrogen-bond acceptors (Lipinski definition) is 3. The van der Waals surface area contributed by atoms with Crippen LogP contribution >= 0.6 is 0 Å². The predicted molar refractivity (Wildman–Crippen MR) is 47.6 cm³/mol. The standard InChI is InChI=1S/C9H8FN3O/c1-7(14)11-4-2-3-8-5-12-9(10)13-6-8/h5-6H,4H2,1H3,(H,11,14). The minimum Gasteiger partial charge on any atom is -0.345 e. The Labute approximate surface area is 80.6 Å². The van der Waals surface area contributed by atoms with Crippen LogP contribution in [-0.2, 0) is 4.79 Å². The Morgan fingerprint density at radius 2 is 2.21 bits per heavy atom. The van der Waals surface area contributed by atoms with Gasteiger partial charge in [0, 0.05) is 19.3 Å². The number of carbonyl (C=O) groups is 1. The van der Waals surface area contributed by atoms with Crippen molar-refractivity contribution < 1.29 is 9.18 Å². The first kappa shape index (κ1) is 10.1. The van der Waals surface area contributed by atoms with Gasteiger partial charge in [0.25, 0.3) is 0 Å². The van der Waals surface area contributed by atoms with Crippen molar-refractivity contribution in [2.24, 2.45) is 0 Å². The van der Waals surface area contributed by atoms with Gasteiger partial charge in [0.05, 0.1) is 12.1 Å². The van der Waals surface area contributed by atoms with Gasteiger partial charge in [0.15, 0.2) is 0 Å². The molecule has 1 heterocycles. The van der Waals surface area contributed by atoms with Gasteiger partial charge < -0.3 is 5.32 Å². The molecule has 1 aromatic rings. The Bertz CT molecular complexity index is 377. The van der Waals surface area contributed by atoms with Crippen LogP contribution in [0.5, 0.6) is 0 Å². The predicted octanol–water partition coefficient (Wildman–Crippen LogP) is 0.103. The molecule has 72 valence electrons. The molecule has 1 aromatic heterocycles. The molecule has 5 heteroatoms. The number of halogens is 1. The maximum atomic E-state index is 12.3. The average molecular weight is 193 g/mol. The molecular weight excluding hydrogens is 185 g/mol. The first-order chi connectivity index (χ1) is 6.68. The zero-order valence-electron chi connectivity index (χ0n) is 7.54. The smallest absolute Gasteiger partial charge is 0.308 e. The van der Waals surface area contributed by atoms with E-state index in [0.29, 0.717) is 5.56 Å². The monoisotopic (exact) mass is 193 g/mol. The maximum absolute atomic E-state index is 12.3. The van der Waals surface area contributed by atoms with Gasteiger partial charge in [-0.1, -0.05) is 11.8 Å². The topological polar surface area (TPSA) is 54.9 Å². The Hall–Kier alpha value is -1.96. The summed E-state index contributed by atoms with van der Waals surface area (Å²) in [4.78, 5) is 17.1. The third-order valence-electron chi connectivity index (χ3n) is 1.28. The van der Waals surface area contributed by atoms with Crippen LogP contribution in [-0.4, -0.2) is 22.4 Å². The Morgan fingerprint density at radius 3 is 2.79 bits per heavy atom. The molecule has 14 heavy (non-hydrogen) atoms. The normalized spacial score (nSPS) is 8.71. The van der Waals surface area contributed by atoms with Crippen LogP contribution in [0.25, 0.3) is 0 Å². The number of nitrogens with one attached hydrogen (secondary N) is 1. The van der Waals surface area contributed by atoms with Gasteiger partial charge in [0.2, 0.25) is 5.91 Å². The highest BCUT2D eigenvalue weighted by Crippen LogP contribution is 1.91. The van der Waals surface area contributed by atoms with E-state index in [0.717, 1.165) is 0 Å². The summed E-state index contributed by atoms with van der Waals surface area (Å²) in [5.74, 6) is 5.20. The number of rotatable bonds is 1. The number of amides is 1. The van der Waals surface area contributed by atoms with Gasteiger partial charge in [0.1, 0.15) is 0 Å². The van der Waals surface area contributed by atoms with Crippen molar-refractivity contribution in [2.45, 2.75) is 6.92 Å². The van der Waals surface area contributed by atoms with Gasteiger partial charge in [-0.3, -0.25) is 4.79 Å². The summed E-state index contributed by atoms with van der Waals surface area (Å²) in [6.07, 6.45) is 1.78. The summed E-state index contributed by atoms with van der Waals surface area (Å²) in [6, 6.07) is 0. The number of nitrogens with zero attached hydrogens (tertiary/aromatic N) is 2. The van der Waals surface area contributed by atoms with E-state index in [9.17, 15) is 9.18 Å². The van der Waals surface area contributed by atoms with E-state index >= 15 is 0 Å². The molecule has 1 amide bonds. The molecule has 1 rings (SSSR count). The Kier molecular flexibility index (Phi) is 3.56. The first-order valence-electron chi connectivity index (χ1n) is 3.89. The molecule has 0 radical (unpaired) electrons. The average Bonchev–Trinajstić information content (AvgIpc) is 2.15. The largest absolute Gasteiger partial charge is 0.345 e. The number of carbonyl (C=O) groups excluding carboxylic acids is 1. The van der Waals surface area contributed by atoms with E-state index in [2.05, 4.69) is 27.1 Å². The fourth-order valence-corrected chi connectivity index (χ4v) is 0.692. The third kappa shape index (κ3) is 3.63. The lowest BCUT2D eigenvalue weighted by Crippen LogP contribution is -2.19. The van der Waals surface area contributed by atoms with E-state index < -0.39 is 6.08 Å². The highest BCUT2D eigenvalue weighted by Gasteiger charge is 1.90. The number of hydrogen-bond donors (Lipinski definition) is 1. The molecule has 0 unspecified atom stereocenters. The van der Waals surface area contributed by atoms with E-state index in [-0.39, 0.29) is 12.5 Å². The summed E-state index contributed by atoms with van der Waals surface area (Å²) < 4.78 is 12.3. The summed E-state index contributed by atoms with van der Waals surface area (Å²) in [5.41, 5.74) is 0.511. The summed E-state index contributed by atoms with van der Waals surface area (Å²) in [6.45, 7) is 1.66. The van der Waals surface area contributed by atoms with Crippen LogP contribution in [0.4, 0.5) is 4.39 Å². The first-order valence-corrected chi connectivity index (χ1v) is 3.89. The fourth-order valence-electron chi connectivity index (χ4n) is 0.692. The second-order valence-corrected chi connectivity index (χ2v) is 2.45. The molecule has 0 bridgehead atoms. The summed E-state index contributed by atoms with van der Waals surface area (Å²) in [7, 11) is 0. The molecule has 1 N–H and O–H groups in total. The van der Waals surface area contributed by atoms with Crippen molar-refractivity contribution in [3.8, 4) is 11.8 Å². The van der Waals surface area contributed by atoms with Crippen molar-refractivity contribution in [3.63, 3.8) is 0 Å². The molecule has 0 aliphatic carbocycles. The quantitative estimate of drug-likeness (QED) is 0.508. The van der Waals surface area contributed by atoms with Crippen molar-refractivity contribution in [1.29, 1.82) is 0 Å². The van der Waals surface area contributed by atoms with Crippen molar-refractivity contribution >= 4 is 5.91 Å². The van der Waals surface area contributed by atoms with E-state index in [1.54, 1.807) is 0 Å². The fraction of sp³-hybridized carbons (Fsp3) is 0.222. The van der Waals surface area contributed by atoms with Gasteiger partial charge in [-0.2, -0.15) is 4.39 Å². The molecule has 0 saturated carbocycles.